The summed E-state index contributed by atoms with van der Waals surface area (Å²) in [5.74, 6) is 0.873. The molecule has 0 aliphatic carbocycles. The fourth-order valence-electron chi connectivity index (χ4n) is 0.835. The summed E-state index contributed by atoms with van der Waals surface area (Å²) in [5, 5.41) is 0. The zero-order valence-corrected chi connectivity index (χ0v) is 9.00. The third-order valence-electron chi connectivity index (χ3n) is 1.36. The zero-order valence-electron chi connectivity index (χ0n) is 8.00. The van der Waals surface area contributed by atoms with Crippen LogP contribution in [0.5, 0.6) is 5.75 Å². The molecule has 0 aromatic heterocycles. The van der Waals surface area contributed by atoms with Crippen molar-refractivity contribution < 1.29 is 35.7 Å². The SMILES string of the molecule is C=Cc1ccccc1OC.[H-].[Na+]. The monoisotopic (exact) mass is 158 g/mol. The summed E-state index contributed by atoms with van der Waals surface area (Å²) < 4.78 is 5.06. The molecule has 0 aliphatic heterocycles. The smallest absolute Gasteiger partial charge is 1.00 e. The Balaban J connectivity index is 0. The van der Waals surface area contributed by atoms with Crippen molar-refractivity contribution in [3.05, 3.63) is 36.4 Å². The number of benzene rings is 1. The molecular weight excluding hydrogens is 147 g/mol. The van der Waals surface area contributed by atoms with Gasteiger partial charge < -0.3 is 6.16 Å². The zero-order chi connectivity index (χ0) is 7.40. The van der Waals surface area contributed by atoms with Gasteiger partial charge in [-0.3, -0.25) is 0 Å². The summed E-state index contributed by atoms with van der Waals surface area (Å²) >= 11 is 0. The molecule has 1 nitrogen and oxygen atoms in total. The minimum Gasteiger partial charge on any atom is -1.00 e. The topological polar surface area (TPSA) is 9.23 Å². The molecule has 0 bridgehead atoms. The van der Waals surface area contributed by atoms with Gasteiger partial charge in [0.15, 0.2) is 0 Å². The molecule has 1 rings (SSSR count). The first-order chi connectivity index (χ1) is 4.88. The van der Waals surface area contributed by atoms with Crippen LogP contribution in [0.4, 0.5) is 0 Å². The molecule has 0 heterocycles. The third-order valence-corrected chi connectivity index (χ3v) is 1.36. The number of hydrogen-bond acceptors (Lipinski definition) is 1. The second-order valence-corrected chi connectivity index (χ2v) is 1.95. The van der Waals surface area contributed by atoms with E-state index in [0.29, 0.717) is 0 Å². The minimum absolute atomic E-state index is 0. The van der Waals surface area contributed by atoms with Crippen LogP contribution in [-0.4, -0.2) is 7.11 Å². The van der Waals surface area contributed by atoms with Crippen molar-refractivity contribution in [3.63, 3.8) is 0 Å². The molecule has 0 unspecified atom stereocenters. The summed E-state index contributed by atoms with van der Waals surface area (Å²) in [5.41, 5.74) is 1.03. The molecule has 0 N–H and O–H groups in total. The first-order valence-electron chi connectivity index (χ1n) is 3.14. The van der Waals surface area contributed by atoms with E-state index < -0.39 is 0 Å². The van der Waals surface area contributed by atoms with Gasteiger partial charge in [0.25, 0.3) is 0 Å². The largest absolute Gasteiger partial charge is 1.00 e. The minimum atomic E-state index is 0. The van der Waals surface area contributed by atoms with E-state index in [9.17, 15) is 0 Å². The summed E-state index contributed by atoms with van der Waals surface area (Å²) in [4.78, 5) is 0. The van der Waals surface area contributed by atoms with Gasteiger partial charge in [-0.15, -0.1) is 0 Å². The normalized spacial score (nSPS) is 8.09. The third kappa shape index (κ3) is 2.70. The maximum Gasteiger partial charge on any atom is 1.00 e. The second-order valence-electron chi connectivity index (χ2n) is 1.95. The second kappa shape index (κ2) is 5.42. The van der Waals surface area contributed by atoms with E-state index in [2.05, 4.69) is 6.58 Å². The summed E-state index contributed by atoms with van der Waals surface area (Å²) in [6.45, 7) is 3.66. The molecule has 0 spiro atoms. The van der Waals surface area contributed by atoms with E-state index in [0.717, 1.165) is 11.3 Å². The molecule has 0 radical (unpaired) electrons. The molecule has 2 heteroatoms. The average Bonchev–Trinajstić information content (AvgIpc) is 2.04. The van der Waals surface area contributed by atoms with Crippen LogP contribution >= 0.6 is 0 Å². The Labute approximate surface area is 90.8 Å². The van der Waals surface area contributed by atoms with Crippen molar-refractivity contribution >= 4 is 6.08 Å². The van der Waals surface area contributed by atoms with Gasteiger partial charge in [-0.05, 0) is 6.07 Å². The standard InChI is InChI=1S/C9H10O.Na.H/c1-3-8-6-4-5-7-9(8)10-2;;/h3-7H,1H2,2H3;;/q;+1;-1. The van der Waals surface area contributed by atoms with E-state index in [1.165, 1.54) is 0 Å². The Bertz CT molecular complexity index is 238. The van der Waals surface area contributed by atoms with Gasteiger partial charge in [0, 0.05) is 5.56 Å². The number of methoxy groups -OCH3 is 1. The van der Waals surface area contributed by atoms with Gasteiger partial charge in [0.2, 0.25) is 0 Å². The van der Waals surface area contributed by atoms with Gasteiger partial charge in [-0.1, -0.05) is 30.9 Å². The maximum atomic E-state index is 5.06. The van der Waals surface area contributed by atoms with Crippen molar-refractivity contribution in [1.82, 2.24) is 0 Å². The van der Waals surface area contributed by atoms with Gasteiger partial charge >= 0.3 is 29.6 Å². The van der Waals surface area contributed by atoms with Crippen molar-refractivity contribution in [2.24, 2.45) is 0 Å². The molecule has 11 heavy (non-hydrogen) atoms. The fourth-order valence-corrected chi connectivity index (χ4v) is 0.835. The number of para-hydroxylation sites is 1. The molecule has 0 aliphatic rings. The van der Waals surface area contributed by atoms with Crippen molar-refractivity contribution in [2.45, 2.75) is 0 Å². The van der Waals surface area contributed by atoms with Crippen LogP contribution in [0.3, 0.4) is 0 Å². The predicted octanol–water partition coefficient (Wildman–Crippen LogP) is -0.545. The van der Waals surface area contributed by atoms with Gasteiger partial charge in [0.05, 0.1) is 7.11 Å². The van der Waals surface area contributed by atoms with Crippen LogP contribution in [0.2, 0.25) is 0 Å². The van der Waals surface area contributed by atoms with E-state index in [4.69, 9.17) is 4.74 Å². The van der Waals surface area contributed by atoms with Crippen LogP contribution in [0.1, 0.15) is 6.99 Å². The molecule has 0 fully saturated rings. The Kier molecular flexibility index (Phi) is 5.30. The van der Waals surface area contributed by atoms with Gasteiger partial charge in [-0.2, -0.15) is 0 Å². The molecule has 54 valence electrons. The predicted molar refractivity (Wildman–Crippen MR) is 44.2 cm³/mol. The maximum absolute atomic E-state index is 5.06. The van der Waals surface area contributed by atoms with Crippen molar-refractivity contribution in [3.8, 4) is 5.75 Å². The fraction of sp³-hybridized carbons (Fsp3) is 0.111. The molecule has 0 saturated heterocycles. The van der Waals surface area contributed by atoms with Gasteiger partial charge in [0.1, 0.15) is 5.75 Å². The number of hydrogen-bond donors (Lipinski definition) is 0. The quantitative estimate of drug-likeness (QED) is 0.525. The molecular formula is C9H11NaO. The molecule has 0 amide bonds. The van der Waals surface area contributed by atoms with Crippen LogP contribution in [0.25, 0.3) is 6.08 Å². The number of ether oxygens (including phenoxy) is 1. The van der Waals surface area contributed by atoms with E-state index in [1.807, 2.05) is 24.3 Å². The van der Waals surface area contributed by atoms with E-state index in [1.54, 1.807) is 13.2 Å². The first kappa shape index (κ1) is 10.8. The van der Waals surface area contributed by atoms with E-state index in [-0.39, 0.29) is 31.0 Å². The van der Waals surface area contributed by atoms with Gasteiger partial charge in [-0.25, -0.2) is 0 Å². The first-order valence-corrected chi connectivity index (χ1v) is 3.14. The molecule has 0 saturated carbocycles. The summed E-state index contributed by atoms with van der Waals surface area (Å²) in [7, 11) is 1.66. The Morgan fingerprint density at radius 3 is 2.55 bits per heavy atom. The Morgan fingerprint density at radius 2 is 2.09 bits per heavy atom. The Morgan fingerprint density at radius 1 is 1.45 bits per heavy atom. The Hall–Kier alpha value is -0.240. The van der Waals surface area contributed by atoms with Crippen molar-refractivity contribution in [1.29, 1.82) is 0 Å². The summed E-state index contributed by atoms with van der Waals surface area (Å²) in [6.07, 6.45) is 1.78. The average molecular weight is 158 g/mol. The van der Waals surface area contributed by atoms with E-state index >= 15 is 0 Å². The summed E-state index contributed by atoms with van der Waals surface area (Å²) in [6, 6.07) is 7.77. The van der Waals surface area contributed by atoms with Crippen LogP contribution in [-0.2, 0) is 0 Å². The van der Waals surface area contributed by atoms with Crippen LogP contribution in [0, 0.1) is 0 Å². The molecule has 1 aromatic rings. The van der Waals surface area contributed by atoms with Crippen molar-refractivity contribution in [2.75, 3.05) is 7.11 Å². The molecule has 0 atom stereocenters. The molecule has 1 aromatic carbocycles. The number of rotatable bonds is 2. The van der Waals surface area contributed by atoms with Crippen LogP contribution < -0.4 is 34.3 Å². The van der Waals surface area contributed by atoms with Crippen LogP contribution in [0.15, 0.2) is 30.8 Å².